The van der Waals surface area contributed by atoms with E-state index in [1.165, 1.54) is 56.6 Å². The fraction of sp³-hybridized carbons (Fsp3) is 0.208. The maximum Gasteiger partial charge on any atom is 0.268 e. The van der Waals surface area contributed by atoms with Crippen molar-refractivity contribution in [3.8, 4) is 5.75 Å². The highest BCUT2D eigenvalue weighted by Crippen LogP contribution is 2.31. The van der Waals surface area contributed by atoms with Crippen LogP contribution in [0.25, 0.3) is 0 Å². The first kappa shape index (κ1) is 27.5. The summed E-state index contributed by atoms with van der Waals surface area (Å²) in [7, 11) is -5.38. The standard InChI is InChI=1S/C24H26ClN3O6S2/c1-16-5-12-22(34-4)23(13-16)36(32,33)28(19-9-7-18(25)8-10-19)15-24(29)27-21-14-20(11-6-17(21)2)35(30,31)26-3/h5-14,26H,15H2,1-4H3,(H,27,29). The Labute approximate surface area is 216 Å². The molecule has 0 saturated heterocycles. The quantitative estimate of drug-likeness (QED) is 0.418. The first-order valence-corrected chi connectivity index (χ1v) is 14.0. The van der Waals surface area contributed by atoms with Crippen molar-refractivity contribution in [2.45, 2.75) is 23.6 Å². The third kappa shape index (κ3) is 5.98. The number of nitrogens with zero attached hydrogens (tertiary/aromatic N) is 1. The SMILES string of the molecule is CNS(=O)(=O)c1ccc(C)c(NC(=O)CN(c2ccc(Cl)cc2)S(=O)(=O)c2cc(C)ccc2OC)c1. The van der Waals surface area contributed by atoms with Gasteiger partial charge in [0.05, 0.1) is 17.7 Å². The predicted molar refractivity (Wildman–Crippen MR) is 140 cm³/mol. The molecule has 0 spiro atoms. The van der Waals surface area contributed by atoms with Gasteiger partial charge in [0, 0.05) is 10.7 Å². The molecule has 0 heterocycles. The molecule has 0 aliphatic heterocycles. The number of carbonyl (C=O) groups is 1. The number of amides is 1. The van der Waals surface area contributed by atoms with Gasteiger partial charge in [-0.05, 0) is 80.6 Å². The summed E-state index contributed by atoms with van der Waals surface area (Å²) in [4.78, 5) is 13.0. The zero-order valence-corrected chi connectivity index (χ0v) is 22.5. The maximum atomic E-state index is 13.8. The van der Waals surface area contributed by atoms with Crippen LogP contribution in [-0.2, 0) is 24.8 Å². The molecule has 0 aromatic heterocycles. The predicted octanol–water partition coefficient (Wildman–Crippen LogP) is 3.71. The van der Waals surface area contributed by atoms with Crippen molar-refractivity contribution in [3.63, 3.8) is 0 Å². The fourth-order valence-corrected chi connectivity index (χ4v) is 5.91. The van der Waals surface area contributed by atoms with Gasteiger partial charge in [-0.3, -0.25) is 9.10 Å². The Bertz CT molecular complexity index is 1490. The van der Waals surface area contributed by atoms with Gasteiger partial charge in [-0.1, -0.05) is 23.7 Å². The van der Waals surface area contributed by atoms with Crippen molar-refractivity contribution in [3.05, 3.63) is 76.8 Å². The average Bonchev–Trinajstić information content (AvgIpc) is 2.84. The van der Waals surface area contributed by atoms with E-state index in [2.05, 4.69) is 10.0 Å². The molecule has 2 N–H and O–H groups in total. The molecule has 0 saturated carbocycles. The normalized spacial score (nSPS) is 11.7. The fourth-order valence-electron chi connectivity index (χ4n) is 3.37. The van der Waals surface area contributed by atoms with E-state index in [4.69, 9.17) is 16.3 Å². The molecule has 0 unspecified atom stereocenters. The Balaban J connectivity index is 2.03. The van der Waals surface area contributed by atoms with Crippen molar-refractivity contribution >= 4 is 48.9 Å². The van der Waals surface area contributed by atoms with Gasteiger partial charge >= 0.3 is 0 Å². The van der Waals surface area contributed by atoms with Gasteiger partial charge in [-0.15, -0.1) is 0 Å². The number of sulfonamides is 2. The highest BCUT2D eigenvalue weighted by molar-refractivity contribution is 7.93. The molecule has 0 aliphatic rings. The van der Waals surface area contributed by atoms with Gasteiger partial charge in [-0.2, -0.15) is 0 Å². The van der Waals surface area contributed by atoms with Gasteiger partial charge in [0.25, 0.3) is 10.0 Å². The molecule has 36 heavy (non-hydrogen) atoms. The minimum atomic E-state index is -4.27. The highest BCUT2D eigenvalue weighted by Gasteiger charge is 2.30. The summed E-state index contributed by atoms with van der Waals surface area (Å²) in [6.07, 6.45) is 0. The number of halogens is 1. The van der Waals surface area contributed by atoms with Crippen LogP contribution < -0.4 is 19.1 Å². The van der Waals surface area contributed by atoms with Crippen LogP contribution in [-0.4, -0.2) is 43.4 Å². The van der Waals surface area contributed by atoms with Gasteiger partial charge in [-0.25, -0.2) is 21.6 Å². The topological polar surface area (TPSA) is 122 Å². The van der Waals surface area contributed by atoms with Gasteiger partial charge in [0.1, 0.15) is 17.2 Å². The maximum absolute atomic E-state index is 13.8. The number of anilines is 2. The van der Waals surface area contributed by atoms with E-state index in [0.29, 0.717) is 16.1 Å². The molecule has 3 aromatic carbocycles. The second kappa shape index (κ2) is 10.9. The van der Waals surface area contributed by atoms with E-state index >= 15 is 0 Å². The average molecular weight is 552 g/mol. The van der Waals surface area contributed by atoms with Crippen LogP contribution in [0.1, 0.15) is 11.1 Å². The summed E-state index contributed by atoms with van der Waals surface area (Å²) in [5.41, 5.74) is 1.73. The van der Waals surface area contributed by atoms with Crippen molar-refractivity contribution in [2.75, 3.05) is 30.3 Å². The minimum absolute atomic E-state index is 0.0439. The van der Waals surface area contributed by atoms with Crippen molar-refractivity contribution in [2.24, 2.45) is 0 Å². The smallest absolute Gasteiger partial charge is 0.268 e. The summed E-state index contributed by atoms with van der Waals surface area (Å²) < 4.78 is 60.4. The van der Waals surface area contributed by atoms with E-state index in [0.717, 1.165) is 4.31 Å². The third-order valence-electron chi connectivity index (χ3n) is 5.35. The highest BCUT2D eigenvalue weighted by atomic mass is 35.5. The number of aryl methyl sites for hydroxylation is 2. The number of hydrogen-bond donors (Lipinski definition) is 2. The van der Waals surface area contributed by atoms with Crippen LogP contribution in [0.2, 0.25) is 5.02 Å². The molecule has 0 radical (unpaired) electrons. The molecule has 1 amide bonds. The van der Waals surface area contributed by atoms with E-state index in [-0.39, 0.29) is 26.9 Å². The second-order valence-corrected chi connectivity index (χ2v) is 12.0. The molecule has 192 valence electrons. The lowest BCUT2D eigenvalue weighted by Crippen LogP contribution is -2.38. The monoisotopic (exact) mass is 551 g/mol. The molecule has 9 nitrogen and oxygen atoms in total. The van der Waals surface area contributed by atoms with Gasteiger partial charge in [0.15, 0.2) is 0 Å². The van der Waals surface area contributed by atoms with Gasteiger partial charge in [0.2, 0.25) is 15.9 Å². The lowest BCUT2D eigenvalue weighted by Gasteiger charge is -2.25. The summed E-state index contributed by atoms with van der Waals surface area (Å²) in [6, 6.07) is 15.0. The molecule has 0 aliphatic carbocycles. The molecular formula is C24H26ClN3O6S2. The van der Waals surface area contributed by atoms with Crippen LogP contribution in [0.5, 0.6) is 5.75 Å². The number of methoxy groups -OCH3 is 1. The van der Waals surface area contributed by atoms with Crippen LogP contribution >= 0.6 is 11.6 Å². The number of carbonyl (C=O) groups excluding carboxylic acids is 1. The Morgan fingerprint density at radius 2 is 1.64 bits per heavy atom. The Hall–Kier alpha value is -3.12. The molecule has 12 heteroatoms. The molecular weight excluding hydrogens is 526 g/mol. The summed E-state index contributed by atoms with van der Waals surface area (Å²) >= 11 is 5.99. The molecule has 0 fully saturated rings. The van der Waals surface area contributed by atoms with E-state index in [1.54, 1.807) is 32.0 Å². The zero-order valence-electron chi connectivity index (χ0n) is 20.1. The first-order valence-electron chi connectivity index (χ1n) is 10.7. The molecule has 0 bridgehead atoms. The van der Waals surface area contributed by atoms with E-state index in [1.807, 2.05) is 0 Å². The number of nitrogens with one attached hydrogen (secondary N) is 2. The number of rotatable bonds is 9. The van der Waals surface area contributed by atoms with Crippen molar-refractivity contribution < 1.29 is 26.4 Å². The summed E-state index contributed by atoms with van der Waals surface area (Å²) in [5, 5.41) is 3.02. The van der Waals surface area contributed by atoms with Crippen LogP contribution in [0.15, 0.2) is 70.5 Å². The molecule has 3 rings (SSSR count). The van der Waals surface area contributed by atoms with Crippen LogP contribution in [0, 0.1) is 13.8 Å². The molecule has 0 atom stereocenters. The minimum Gasteiger partial charge on any atom is -0.495 e. The van der Waals surface area contributed by atoms with E-state index in [9.17, 15) is 21.6 Å². The van der Waals surface area contributed by atoms with Crippen molar-refractivity contribution in [1.29, 1.82) is 0 Å². The van der Waals surface area contributed by atoms with Crippen LogP contribution in [0.4, 0.5) is 11.4 Å². The second-order valence-electron chi connectivity index (χ2n) is 7.87. The Morgan fingerprint density at radius 3 is 2.25 bits per heavy atom. The van der Waals surface area contributed by atoms with Gasteiger partial charge < -0.3 is 10.1 Å². The zero-order chi connectivity index (χ0) is 26.7. The number of hydrogen-bond acceptors (Lipinski definition) is 6. The van der Waals surface area contributed by atoms with Crippen molar-refractivity contribution in [1.82, 2.24) is 4.72 Å². The van der Waals surface area contributed by atoms with Crippen LogP contribution in [0.3, 0.4) is 0 Å². The number of ether oxygens (including phenoxy) is 1. The molecule has 3 aromatic rings. The largest absolute Gasteiger partial charge is 0.495 e. The summed E-state index contributed by atoms with van der Waals surface area (Å²) in [5.74, 6) is -0.553. The Kier molecular flexibility index (Phi) is 8.29. The Morgan fingerprint density at radius 1 is 0.972 bits per heavy atom. The first-order chi connectivity index (χ1) is 16.9. The lowest BCUT2D eigenvalue weighted by atomic mass is 10.2. The van der Waals surface area contributed by atoms with E-state index < -0.39 is 32.5 Å². The third-order valence-corrected chi connectivity index (χ3v) is 8.81. The number of benzene rings is 3. The lowest BCUT2D eigenvalue weighted by molar-refractivity contribution is -0.114. The summed E-state index contributed by atoms with van der Waals surface area (Å²) in [6.45, 7) is 2.84.